The van der Waals surface area contributed by atoms with Crippen molar-refractivity contribution in [1.29, 1.82) is 0 Å². The van der Waals surface area contributed by atoms with Crippen molar-refractivity contribution in [3.63, 3.8) is 0 Å². The van der Waals surface area contributed by atoms with E-state index >= 15 is 0 Å². The molecule has 0 spiro atoms. The van der Waals surface area contributed by atoms with Crippen molar-refractivity contribution in [2.24, 2.45) is 0 Å². The summed E-state index contributed by atoms with van der Waals surface area (Å²) in [5, 5.41) is 4.69. The van der Waals surface area contributed by atoms with Crippen molar-refractivity contribution in [1.82, 2.24) is 4.98 Å². The van der Waals surface area contributed by atoms with Crippen LogP contribution in [0.2, 0.25) is 0 Å². The first-order chi connectivity index (χ1) is 13.1. The SMILES string of the molecule is COc1cc(C(=O)Nc2cccc(C(C)=O)c2)ccc1OCc1cscn1. The molecule has 1 heterocycles. The molecule has 3 aromatic rings. The molecule has 1 N–H and O–H groups in total. The van der Waals surface area contributed by atoms with Gasteiger partial charge in [0.2, 0.25) is 0 Å². The van der Waals surface area contributed by atoms with Gasteiger partial charge in [-0.1, -0.05) is 12.1 Å². The third kappa shape index (κ3) is 4.71. The summed E-state index contributed by atoms with van der Waals surface area (Å²) in [6, 6.07) is 11.8. The second-order valence-electron chi connectivity index (χ2n) is 5.73. The number of anilines is 1. The zero-order valence-corrected chi connectivity index (χ0v) is 15.7. The first-order valence-electron chi connectivity index (χ1n) is 8.17. The number of nitrogens with one attached hydrogen (secondary N) is 1. The van der Waals surface area contributed by atoms with Crippen LogP contribution in [0.15, 0.2) is 53.4 Å². The summed E-state index contributed by atoms with van der Waals surface area (Å²) in [5.74, 6) is 0.616. The molecular weight excluding hydrogens is 364 g/mol. The highest BCUT2D eigenvalue weighted by molar-refractivity contribution is 7.07. The third-order valence-electron chi connectivity index (χ3n) is 3.81. The minimum absolute atomic E-state index is 0.0608. The van der Waals surface area contributed by atoms with Gasteiger partial charge in [-0.05, 0) is 37.3 Å². The Labute approximate surface area is 160 Å². The molecule has 0 fully saturated rings. The Kier molecular flexibility index (Phi) is 5.83. The molecule has 27 heavy (non-hydrogen) atoms. The summed E-state index contributed by atoms with van der Waals surface area (Å²) in [6.07, 6.45) is 0. The van der Waals surface area contributed by atoms with Crippen molar-refractivity contribution in [3.05, 3.63) is 70.2 Å². The third-order valence-corrected chi connectivity index (χ3v) is 4.45. The lowest BCUT2D eigenvalue weighted by molar-refractivity contribution is 0.101. The van der Waals surface area contributed by atoms with Crippen LogP contribution in [0.3, 0.4) is 0 Å². The number of carbonyl (C=O) groups excluding carboxylic acids is 2. The smallest absolute Gasteiger partial charge is 0.255 e. The van der Waals surface area contributed by atoms with E-state index in [2.05, 4.69) is 10.3 Å². The Morgan fingerprint density at radius 3 is 2.67 bits per heavy atom. The highest BCUT2D eigenvalue weighted by Crippen LogP contribution is 2.29. The molecule has 0 aliphatic carbocycles. The van der Waals surface area contributed by atoms with Crippen LogP contribution >= 0.6 is 11.3 Å². The molecule has 1 amide bonds. The molecule has 0 aliphatic rings. The maximum Gasteiger partial charge on any atom is 0.255 e. The van der Waals surface area contributed by atoms with E-state index in [-0.39, 0.29) is 11.7 Å². The quantitative estimate of drug-likeness (QED) is 0.620. The maximum atomic E-state index is 12.5. The molecule has 0 saturated heterocycles. The zero-order chi connectivity index (χ0) is 19.2. The number of hydrogen-bond acceptors (Lipinski definition) is 6. The fourth-order valence-electron chi connectivity index (χ4n) is 2.41. The van der Waals surface area contributed by atoms with E-state index < -0.39 is 0 Å². The summed E-state index contributed by atoms with van der Waals surface area (Å²) in [7, 11) is 1.52. The van der Waals surface area contributed by atoms with Crippen LogP contribution in [0.1, 0.15) is 33.3 Å². The lowest BCUT2D eigenvalue weighted by atomic mass is 10.1. The Hall–Kier alpha value is -3.19. The number of nitrogens with zero attached hydrogens (tertiary/aromatic N) is 1. The molecule has 0 aliphatic heterocycles. The number of thiazole rings is 1. The van der Waals surface area contributed by atoms with Crippen LogP contribution in [-0.4, -0.2) is 23.8 Å². The second kappa shape index (κ2) is 8.46. The topological polar surface area (TPSA) is 77.5 Å². The number of methoxy groups -OCH3 is 1. The molecular formula is C20H18N2O4S. The van der Waals surface area contributed by atoms with Gasteiger partial charge >= 0.3 is 0 Å². The van der Waals surface area contributed by atoms with E-state index in [9.17, 15) is 9.59 Å². The van der Waals surface area contributed by atoms with Crippen LogP contribution in [-0.2, 0) is 6.61 Å². The number of aromatic nitrogens is 1. The number of benzene rings is 2. The lowest BCUT2D eigenvalue weighted by Gasteiger charge is -2.12. The number of rotatable bonds is 7. The van der Waals surface area contributed by atoms with Crippen molar-refractivity contribution < 1.29 is 19.1 Å². The van der Waals surface area contributed by atoms with Crippen LogP contribution in [0.5, 0.6) is 11.5 Å². The first-order valence-corrected chi connectivity index (χ1v) is 9.11. The van der Waals surface area contributed by atoms with Crippen molar-refractivity contribution in [2.75, 3.05) is 12.4 Å². The monoisotopic (exact) mass is 382 g/mol. The van der Waals surface area contributed by atoms with Crippen LogP contribution in [0.4, 0.5) is 5.69 Å². The maximum absolute atomic E-state index is 12.5. The zero-order valence-electron chi connectivity index (χ0n) is 14.9. The summed E-state index contributed by atoms with van der Waals surface area (Å²) in [4.78, 5) is 28.2. The molecule has 0 unspecified atom stereocenters. The number of ether oxygens (including phenoxy) is 2. The molecule has 0 radical (unpaired) electrons. The van der Waals surface area contributed by atoms with Gasteiger partial charge in [0.25, 0.3) is 5.91 Å². The number of Topliss-reactive ketones (excluding diaryl/α,β-unsaturated/α-hetero) is 1. The Balaban J connectivity index is 1.73. The normalized spacial score (nSPS) is 10.3. The van der Waals surface area contributed by atoms with Crippen molar-refractivity contribution >= 4 is 28.7 Å². The van der Waals surface area contributed by atoms with E-state index in [1.54, 1.807) is 48.0 Å². The van der Waals surface area contributed by atoms with Gasteiger partial charge in [-0.3, -0.25) is 9.59 Å². The Morgan fingerprint density at radius 2 is 1.96 bits per heavy atom. The number of carbonyl (C=O) groups is 2. The van der Waals surface area contributed by atoms with Crippen LogP contribution < -0.4 is 14.8 Å². The fraction of sp³-hybridized carbons (Fsp3) is 0.150. The first kappa shape index (κ1) is 18.6. The molecule has 1 aromatic heterocycles. The fourth-order valence-corrected chi connectivity index (χ4v) is 2.95. The average molecular weight is 382 g/mol. The van der Waals surface area contributed by atoms with Gasteiger partial charge in [0.1, 0.15) is 6.61 Å². The number of ketones is 1. The highest BCUT2D eigenvalue weighted by Gasteiger charge is 2.12. The van der Waals surface area contributed by atoms with Crippen molar-refractivity contribution in [3.8, 4) is 11.5 Å². The molecule has 6 nitrogen and oxygen atoms in total. The Bertz CT molecular complexity index is 954. The Morgan fingerprint density at radius 1 is 1.11 bits per heavy atom. The van der Waals surface area contributed by atoms with E-state index in [4.69, 9.17) is 9.47 Å². The lowest BCUT2D eigenvalue weighted by Crippen LogP contribution is -2.12. The largest absolute Gasteiger partial charge is 0.493 e. The predicted molar refractivity (Wildman–Crippen MR) is 104 cm³/mol. The molecule has 3 rings (SSSR count). The van der Waals surface area contributed by atoms with Gasteiger partial charge in [0.15, 0.2) is 17.3 Å². The molecule has 0 saturated carbocycles. The van der Waals surface area contributed by atoms with Gasteiger partial charge in [-0.2, -0.15) is 0 Å². The number of amides is 1. The predicted octanol–water partition coefficient (Wildman–Crippen LogP) is 4.19. The standard InChI is InChI=1S/C20H18N2O4S/c1-13(23)14-4-3-5-16(8-14)22-20(24)15-6-7-18(19(9-15)25-2)26-10-17-11-27-12-21-17/h3-9,11-12H,10H2,1-2H3,(H,22,24). The summed E-state index contributed by atoms with van der Waals surface area (Å²) < 4.78 is 11.1. The molecule has 0 bridgehead atoms. The van der Waals surface area contributed by atoms with Crippen LogP contribution in [0, 0.1) is 0 Å². The van der Waals surface area contributed by atoms with Crippen molar-refractivity contribution in [2.45, 2.75) is 13.5 Å². The van der Waals surface area contributed by atoms with Crippen LogP contribution in [0.25, 0.3) is 0 Å². The summed E-state index contributed by atoms with van der Waals surface area (Å²) in [5.41, 5.74) is 4.08. The molecule has 138 valence electrons. The van der Waals surface area contributed by atoms with Gasteiger partial charge in [0, 0.05) is 22.2 Å². The minimum atomic E-state index is -0.306. The summed E-state index contributed by atoms with van der Waals surface area (Å²) in [6.45, 7) is 1.80. The van der Waals surface area contributed by atoms with Gasteiger partial charge in [-0.15, -0.1) is 11.3 Å². The summed E-state index contributed by atoms with van der Waals surface area (Å²) >= 11 is 1.50. The highest BCUT2D eigenvalue weighted by atomic mass is 32.1. The second-order valence-corrected chi connectivity index (χ2v) is 6.44. The minimum Gasteiger partial charge on any atom is -0.493 e. The molecule has 7 heteroatoms. The van der Waals surface area contributed by atoms with Gasteiger partial charge in [-0.25, -0.2) is 4.98 Å². The van der Waals surface area contributed by atoms with E-state index in [0.29, 0.717) is 34.9 Å². The van der Waals surface area contributed by atoms with E-state index in [1.807, 2.05) is 5.38 Å². The molecule has 0 atom stereocenters. The van der Waals surface area contributed by atoms with E-state index in [1.165, 1.54) is 25.4 Å². The average Bonchev–Trinajstić information content (AvgIpc) is 3.20. The van der Waals surface area contributed by atoms with Gasteiger partial charge < -0.3 is 14.8 Å². The number of hydrogen-bond donors (Lipinski definition) is 1. The molecule has 2 aromatic carbocycles. The van der Waals surface area contributed by atoms with E-state index in [0.717, 1.165) is 5.69 Å². The van der Waals surface area contributed by atoms with Gasteiger partial charge in [0.05, 0.1) is 18.3 Å².